The average molecular weight is 320 g/mol. The van der Waals surface area contributed by atoms with Crippen molar-refractivity contribution in [2.45, 2.75) is 69.2 Å². The van der Waals surface area contributed by atoms with Gasteiger partial charge in [-0.1, -0.05) is 52.2 Å². The molecule has 1 saturated carbocycles. The maximum Gasteiger partial charge on any atom is 0.232 e. The Morgan fingerprint density at radius 1 is 1.14 bits per heavy atom. The second-order valence-electron chi connectivity index (χ2n) is 7.36. The molecule has 0 spiro atoms. The maximum atomic E-state index is 12.3. The van der Waals surface area contributed by atoms with Gasteiger partial charge in [-0.2, -0.15) is 0 Å². The Bertz CT molecular complexity index is 483. The molecule has 1 aliphatic rings. The fourth-order valence-electron chi connectivity index (χ4n) is 2.97. The van der Waals surface area contributed by atoms with Crippen LogP contribution in [-0.4, -0.2) is 29.6 Å². The van der Waals surface area contributed by atoms with E-state index in [1.165, 1.54) is 42.6 Å². The standard InChI is InChI=1S/C19H29NOS/c1-19(2,3)15-10-12-17(13-11-15)22-14-18(21)20(4)16-8-6-5-7-9-16/h10-13,16H,5-9,14H2,1-4H3. The van der Waals surface area contributed by atoms with E-state index in [1.54, 1.807) is 11.8 Å². The van der Waals surface area contributed by atoms with Crippen LogP contribution in [0.2, 0.25) is 0 Å². The molecule has 3 heteroatoms. The predicted octanol–water partition coefficient (Wildman–Crippen LogP) is 4.87. The Hall–Kier alpha value is -0.960. The zero-order chi connectivity index (χ0) is 16.2. The molecule has 0 aliphatic heterocycles. The van der Waals surface area contributed by atoms with Gasteiger partial charge in [0, 0.05) is 18.0 Å². The van der Waals surface area contributed by atoms with E-state index in [9.17, 15) is 4.79 Å². The summed E-state index contributed by atoms with van der Waals surface area (Å²) in [5, 5.41) is 0. The van der Waals surface area contributed by atoms with E-state index in [2.05, 4.69) is 45.0 Å². The van der Waals surface area contributed by atoms with Gasteiger partial charge in [-0.05, 0) is 36.0 Å². The molecule has 2 nitrogen and oxygen atoms in total. The van der Waals surface area contributed by atoms with E-state index in [1.807, 2.05) is 11.9 Å². The van der Waals surface area contributed by atoms with Crippen LogP contribution in [0.25, 0.3) is 0 Å². The number of thioether (sulfide) groups is 1. The summed E-state index contributed by atoms with van der Waals surface area (Å²) in [7, 11) is 1.97. The van der Waals surface area contributed by atoms with Crippen LogP contribution in [-0.2, 0) is 10.2 Å². The first-order valence-electron chi connectivity index (χ1n) is 8.37. The van der Waals surface area contributed by atoms with Gasteiger partial charge in [-0.15, -0.1) is 11.8 Å². The molecule has 0 heterocycles. The molecule has 0 aromatic heterocycles. The first-order chi connectivity index (χ1) is 10.4. The quantitative estimate of drug-likeness (QED) is 0.738. The molecule has 0 saturated heterocycles. The third kappa shape index (κ3) is 4.77. The average Bonchev–Trinajstić information content (AvgIpc) is 2.52. The van der Waals surface area contributed by atoms with Crippen molar-refractivity contribution in [3.05, 3.63) is 29.8 Å². The molecule has 122 valence electrons. The van der Waals surface area contributed by atoms with Crippen LogP contribution in [0, 0.1) is 0 Å². The van der Waals surface area contributed by atoms with Gasteiger partial charge < -0.3 is 4.90 Å². The molecule has 0 radical (unpaired) electrons. The Morgan fingerprint density at radius 3 is 2.27 bits per heavy atom. The number of rotatable bonds is 4. The molecule has 1 aromatic carbocycles. The highest BCUT2D eigenvalue weighted by Gasteiger charge is 2.22. The molecule has 0 N–H and O–H groups in total. The minimum Gasteiger partial charge on any atom is -0.342 e. The number of hydrogen-bond acceptors (Lipinski definition) is 2. The zero-order valence-electron chi connectivity index (χ0n) is 14.4. The Balaban J connectivity index is 1.85. The van der Waals surface area contributed by atoms with Gasteiger partial charge in [0.25, 0.3) is 0 Å². The minimum atomic E-state index is 0.181. The highest BCUT2D eigenvalue weighted by Crippen LogP contribution is 2.27. The van der Waals surface area contributed by atoms with E-state index in [0.29, 0.717) is 11.8 Å². The van der Waals surface area contributed by atoms with E-state index in [0.717, 1.165) is 0 Å². The lowest BCUT2D eigenvalue weighted by Gasteiger charge is -2.31. The lowest BCUT2D eigenvalue weighted by atomic mass is 9.87. The predicted molar refractivity (Wildman–Crippen MR) is 95.5 cm³/mol. The monoisotopic (exact) mass is 319 g/mol. The fraction of sp³-hybridized carbons (Fsp3) is 0.632. The summed E-state index contributed by atoms with van der Waals surface area (Å²) >= 11 is 1.65. The SMILES string of the molecule is CN(C(=O)CSc1ccc(C(C)(C)C)cc1)C1CCCCC1. The summed E-state index contributed by atoms with van der Waals surface area (Å²) in [5.74, 6) is 0.804. The summed E-state index contributed by atoms with van der Waals surface area (Å²) in [6.07, 6.45) is 6.21. The number of benzene rings is 1. The fourth-order valence-corrected chi connectivity index (χ4v) is 3.79. The second-order valence-corrected chi connectivity index (χ2v) is 8.41. The van der Waals surface area contributed by atoms with Crippen LogP contribution in [0.15, 0.2) is 29.2 Å². The molecule has 1 aliphatic carbocycles. The van der Waals surface area contributed by atoms with Gasteiger partial charge in [-0.3, -0.25) is 4.79 Å². The van der Waals surface area contributed by atoms with Crippen molar-refractivity contribution in [1.29, 1.82) is 0 Å². The maximum absolute atomic E-state index is 12.3. The van der Waals surface area contributed by atoms with Crippen molar-refractivity contribution in [2.24, 2.45) is 0 Å². The molecule has 2 rings (SSSR count). The van der Waals surface area contributed by atoms with Gasteiger partial charge >= 0.3 is 0 Å². The summed E-state index contributed by atoms with van der Waals surface area (Å²) < 4.78 is 0. The van der Waals surface area contributed by atoms with Crippen LogP contribution < -0.4 is 0 Å². The molecular weight excluding hydrogens is 290 g/mol. The second kappa shape index (κ2) is 7.54. The van der Waals surface area contributed by atoms with Crippen molar-refractivity contribution in [2.75, 3.05) is 12.8 Å². The number of nitrogens with zero attached hydrogens (tertiary/aromatic N) is 1. The molecule has 0 atom stereocenters. The highest BCUT2D eigenvalue weighted by atomic mass is 32.2. The van der Waals surface area contributed by atoms with Crippen LogP contribution in [0.5, 0.6) is 0 Å². The van der Waals surface area contributed by atoms with Crippen molar-refractivity contribution in [3.63, 3.8) is 0 Å². The van der Waals surface area contributed by atoms with Crippen LogP contribution in [0.3, 0.4) is 0 Å². The van der Waals surface area contributed by atoms with Crippen molar-refractivity contribution < 1.29 is 4.79 Å². The summed E-state index contributed by atoms with van der Waals surface area (Å²) in [4.78, 5) is 15.5. The smallest absolute Gasteiger partial charge is 0.232 e. The molecule has 1 amide bonds. The first kappa shape index (κ1) is 17.4. The number of carbonyl (C=O) groups is 1. The van der Waals surface area contributed by atoms with Crippen molar-refractivity contribution in [1.82, 2.24) is 4.90 Å². The minimum absolute atomic E-state index is 0.181. The molecule has 0 unspecified atom stereocenters. The Labute approximate surface area is 139 Å². The third-order valence-electron chi connectivity index (χ3n) is 4.60. The zero-order valence-corrected chi connectivity index (χ0v) is 15.2. The topological polar surface area (TPSA) is 20.3 Å². The van der Waals surface area contributed by atoms with Crippen LogP contribution in [0.4, 0.5) is 0 Å². The van der Waals surface area contributed by atoms with Crippen LogP contribution >= 0.6 is 11.8 Å². The van der Waals surface area contributed by atoms with E-state index in [-0.39, 0.29) is 11.3 Å². The number of carbonyl (C=O) groups excluding carboxylic acids is 1. The van der Waals surface area contributed by atoms with Crippen LogP contribution in [0.1, 0.15) is 58.4 Å². The molecule has 1 aromatic rings. The van der Waals surface area contributed by atoms with Gasteiger partial charge in [-0.25, -0.2) is 0 Å². The lowest BCUT2D eigenvalue weighted by molar-refractivity contribution is -0.129. The van der Waals surface area contributed by atoms with Gasteiger partial charge in [0.2, 0.25) is 5.91 Å². The van der Waals surface area contributed by atoms with Gasteiger partial charge in [0.15, 0.2) is 0 Å². The highest BCUT2D eigenvalue weighted by molar-refractivity contribution is 8.00. The third-order valence-corrected chi connectivity index (χ3v) is 5.60. The first-order valence-corrected chi connectivity index (χ1v) is 9.35. The van der Waals surface area contributed by atoms with E-state index >= 15 is 0 Å². The van der Waals surface area contributed by atoms with E-state index in [4.69, 9.17) is 0 Å². The molecular formula is C19H29NOS. The van der Waals surface area contributed by atoms with Crippen molar-refractivity contribution >= 4 is 17.7 Å². The molecule has 22 heavy (non-hydrogen) atoms. The van der Waals surface area contributed by atoms with Gasteiger partial charge in [0.1, 0.15) is 0 Å². The Kier molecular flexibility index (Phi) is 5.96. The van der Waals surface area contributed by atoms with E-state index < -0.39 is 0 Å². The van der Waals surface area contributed by atoms with Crippen molar-refractivity contribution in [3.8, 4) is 0 Å². The number of hydrogen-bond donors (Lipinski definition) is 0. The summed E-state index contributed by atoms with van der Waals surface area (Å²) in [6.45, 7) is 6.66. The lowest BCUT2D eigenvalue weighted by Crippen LogP contribution is -2.39. The summed E-state index contributed by atoms with van der Waals surface area (Å²) in [5.41, 5.74) is 1.52. The number of amides is 1. The molecule has 0 bridgehead atoms. The summed E-state index contributed by atoms with van der Waals surface area (Å²) in [6, 6.07) is 9.10. The Morgan fingerprint density at radius 2 is 1.73 bits per heavy atom. The molecule has 1 fully saturated rings. The van der Waals surface area contributed by atoms with Gasteiger partial charge in [0.05, 0.1) is 5.75 Å². The normalized spacial score (nSPS) is 16.5. The largest absolute Gasteiger partial charge is 0.342 e.